The summed E-state index contributed by atoms with van der Waals surface area (Å²) in [6.45, 7) is 4.99. The zero-order valence-corrected chi connectivity index (χ0v) is 17.8. The molecule has 0 aliphatic heterocycles. The lowest BCUT2D eigenvalue weighted by atomic mass is 10.1. The molecule has 0 atom stereocenters. The summed E-state index contributed by atoms with van der Waals surface area (Å²) in [4.78, 5) is 25.1. The highest BCUT2D eigenvalue weighted by Crippen LogP contribution is 2.24. The lowest BCUT2D eigenvalue weighted by Gasteiger charge is -2.23. The first-order valence-electron chi connectivity index (χ1n) is 9.54. The molecule has 0 aliphatic rings. The summed E-state index contributed by atoms with van der Waals surface area (Å²) in [5.74, 6) is 0.455. The number of nitrogens with zero attached hydrogens (tertiary/aromatic N) is 3. The largest absolute Gasteiger partial charge is 0.497 e. The van der Waals surface area contributed by atoms with Gasteiger partial charge in [-0.15, -0.1) is 6.58 Å². The van der Waals surface area contributed by atoms with Crippen molar-refractivity contribution >= 4 is 23.2 Å². The predicted octanol–water partition coefficient (Wildman–Crippen LogP) is 4.94. The Kier molecular flexibility index (Phi) is 7.10. The monoisotopic (exact) mass is 439 g/mol. The highest BCUT2D eigenvalue weighted by atomic mass is 35.5. The number of benzene rings is 2. The van der Waals surface area contributed by atoms with Gasteiger partial charge in [0.1, 0.15) is 5.75 Å². The maximum Gasteiger partial charge on any atom is 0.270 e. The van der Waals surface area contributed by atoms with Crippen LogP contribution in [-0.4, -0.2) is 34.0 Å². The Morgan fingerprint density at radius 2 is 2.06 bits per heavy atom. The van der Waals surface area contributed by atoms with Crippen molar-refractivity contribution in [3.05, 3.63) is 105 Å². The van der Waals surface area contributed by atoms with Crippen molar-refractivity contribution in [3.8, 4) is 5.75 Å². The lowest BCUT2D eigenvalue weighted by Crippen LogP contribution is -2.31. The van der Waals surface area contributed by atoms with E-state index >= 15 is 0 Å². The number of methoxy groups -OCH3 is 1. The number of carbonyl (C=O) groups is 1. The third-order valence-corrected chi connectivity index (χ3v) is 5.11. The SMILES string of the molecule is C=CCN(Cc1cccn1Cc1cccc(OC)c1)C(=O)c1ccc([N+](=O)[O-])cc1Cl. The fourth-order valence-electron chi connectivity index (χ4n) is 3.25. The molecule has 0 aliphatic carbocycles. The molecular formula is C23H22ClN3O4. The number of halogens is 1. The van der Waals surface area contributed by atoms with Crippen LogP contribution in [0.1, 0.15) is 21.6 Å². The number of hydrogen-bond acceptors (Lipinski definition) is 4. The molecule has 1 aromatic heterocycles. The normalized spacial score (nSPS) is 10.5. The molecule has 7 nitrogen and oxygen atoms in total. The number of nitro benzene ring substituents is 1. The van der Waals surface area contributed by atoms with Gasteiger partial charge in [-0.05, 0) is 35.9 Å². The van der Waals surface area contributed by atoms with Gasteiger partial charge in [-0.25, -0.2) is 0 Å². The van der Waals surface area contributed by atoms with Crippen molar-refractivity contribution in [3.63, 3.8) is 0 Å². The van der Waals surface area contributed by atoms with Gasteiger partial charge in [-0.2, -0.15) is 0 Å². The second kappa shape index (κ2) is 9.95. The third-order valence-electron chi connectivity index (χ3n) is 4.79. The average molecular weight is 440 g/mol. The minimum atomic E-state index is -0.549. The summed E-state index contributed by atoms with van der Waals surface area (Å²) >= 11 is 6.17. The Hall–Kier alpha value is -3.58. The Bertz CT molecular complexity index is 1110. The molecule has 0 fully saturated rings. The molecule has 8 heteroatoms. The number of carbonyl (C=O) groups excluding carboxylic acids is 1. The standard InChI is InChI=1S/C23H22ClN3O4/c1-3-11-26(23(28)21-10-9-18(27(29)30)14-22(21)24)16-19-7-5-12-25(19)15-17-6-4-8-20(13-17)31-2/h3-10,12-14H,1,11,15-16H2,2H3. The van der Waals surface area contributed by atoms with E-state index in [0.717, 1.165) is 17.0 Å². The molecule has 160 valence electrons. The summed E-state index contributed by atoms with van der Waals surface area (Å²) in [7, 11) is 1.63. The molecule has 1 amide bonds. The number of non-ortho nitro benzene ring substituents is 1. The highest BCUT2D eigenvalue weighted by Gasteiger charge is 2.21. The van der Waals surface area contributed by atoms with E-state index in [1.807, 2.05) is 42.6 Å². The molecule has 1 heterocycles. The molecule has 0 bridgehead atoms. The van der Waals surface area contributed by atoms with Gasteiger partial charge in [0.2, 0.25) is 0 Å². The molecule has 0 unspecified atom stereocenters. The van der Waals surface area contributed by atoms with Gasteiger partial charge in [0, 0.05) is 37.1 Å². The van der Waals surface area contributed by atoms with Crippen molar-refractivity contribution in [2.75, 3.05) is 13.7 Å². The minimum absolute atomic E-state index is 0.0417. The maximum absolute atomic E-state index is 13.1. The number of aromatic nitrogens is 1. The van der Waals surface area contributed by atoms with E-state index < -0.39 is 4.92 Å². The van der Waals surface area contributed by atoms with Crippen molar-refractivity contribution in [2.24, 2.45) is 0 Å². The summed E-state index contributed by atoms with van der Waals surface area (Å²) in [5, 5.41) is 11.0. The van der Waals surface area contributed by atoms with Gasteiger partial charge in [-0.1, -0.05) is 29.8 Å². The molecule has 0 radical (unpaired) electrons. The smallest absolute Gasteiger partial charge is 0.270 e. The van der Waals surface area contributed by atoms with Crippen molar-refractivity contribution in [2.45, 2.75) is 13.1 Å². The molecule has 0 saturated carbocycles. The fraction of sp³-hybridized carbons (Fsp3) is 0.174. The van der Waals surface area contributed by atoms with Crippen LogP contribution in [0.2, 0.25) is 5.02 Å². The van der Waals surface area contributed by atoms with Gasteiger partial charge in [-0.3, -0.25) is 14.9 Å². The zero-order chi connectivity index (χ0) is 22.4. The number of rotatable bonds is 9. The number of amides is 1. The van der Waals surface area contributed by atoms with Crippen molar-refractivity contribution in [1.29, 1.82) is 0 Å². The van der Waals surface area contributed by atoms with E-state index in [4.69, 9.17) is 16.3 Å². The molecule has 31 heavy (non-hydrogen) atoms. The third kappa shape index (κ3) is 5.32. The second-order valence-electron chi connectivity index (χ2n) is 6.87. The van der Waals surface area contributed by atoms with E-state index in [0.29, 0.717) is 19.6 Å². The minimum Gasteiger partial charge on any atom is -0.497 e. The molecular weight excluding hydrogens is 418 g/mol. The van der Waals surface area contributed by atoms with E-state index in [9.17, 15) is 14.9 Å². The van der Waals surface area contributed by atoms with Gasteiger partial charge < -0.3 is 14.2 Å². The van der Waals surface area contributed by atoms with Crippen LogP contribution in [0, 0.1) is 10.1 Å². The van der Waals surface area contributed by atoms with Crippen LogP contribution in [0.15, 0.2) is 73.4 Å². The van der Waals surface area contributed by atoms with Gasteiger partial charge >= 0.3 is 0 Å². The van der Waals surface area contributed by atoms with Crippen LogP contribution in [0.4, 0.5) is 5.69 Å². The van der Waals surface area contributed by atoms with E-state index in [2.05, 4.69) is 11.1 Å². The van der Waals surface area contributed by atoms with Crippen molar-refractivity contribution < 1.29 is 14.5 Å². The van der Waals surface area contributed by atoms with Crippen LogP contribution in [0.5, 0.6) is 5.75 Å². The van der Waals surface area contributed by atoms with Crippen LogP contribution < -0.4 is 4.74 Å². The molecule has 0 N–H and O–H groups in total. The second-order valence-corrected chi connectivity index (χ2v) is 7.28. The Morgan fingerprint density at radius 1 is 1.26 bits per heavy atom. The first-order valence-corrected chi connectivity index (χ1v) is 9.91. The molecule has 3 rings (SSSR count). The summed E-state index contributed by atoms with van der Waals surface area (Å²) in [6, 6.07) is 15.5. The summed E-state index contributed by atoms with van der Waals surface area (Å²) in [6.07, 6.45) is 3.58. The Morgan fingerprint density at radius 3 is 2.74 bits per heavy atom. The number of ether oxygens (including phenoxy) is 1. The number of nitro groups is 1. The van der Waals surface area contributed by atoms with E-state index in [1.54, 1.807) is 18.1 Å². The zero-order valence-electron chi connectivity index (χ0n) is 17.0. The van der Waals surface area contributed by atoms with Gasteiger partial charge in [0.15, 0.2) is 0 Å². The van der Waals surface area contributed by atoms with Crippen LogP contribution in [0.25, 0.3) is 0 Å². The Labute approximate surface area is 185 Å². The fourth-order valence-corrected chi connectivity index (χ4v) is 3.50. The van der Waals surface area contributed by atoms with Crippen LogP contribution >= 0.6 is 11.6 Å². The van der Waals surface area contributed by atoms with Crippen LogP contribution in [-0.2, 0) is 13.1 Å². The lowest BCUT2D eigenvalue weighted by molar-refractivity contribution is -0.384. The van der Waals surface area contributed by atoms with E-state index in [1.165, 1.54) is 18.2 Å². The molecule has 0 saturated heterocycles. The molecule has 0 spiro atoms. The highest BCUT2D eigenvalue weighted by molar-refractivity contribution is 6.34. The summed E-state index contributed by atoms with van der Waals surface area (Å²) in [5.41, 5.74) is 2.04. The molecule has 2 aromatic carbocycles. The number of hydrogen-bond donors (Lipinski definition) is 0. The molecule has 3 aromatic rings. The first kappa shape index (κ1) is 22.1. The average Bonchev–Trinajstić information content (AvgIpc) is 3.19. The maximum atomic E-state index is 13.1. The first-order chi connectivity index (χ1) is 14.9. The predicted molar refractivity (Wildman–Crippen MR) is 120 cm³/mol. The Balaban J connectivity index is 1.82. The quantitative estimate of drug-likeness (QED) is 0.269. The van der Waals surface area contributed by atoms with Crippen LogP contribution in [0.3, 0.4) is 0 Å². The van der Waals surface area contributed by atoms with E-state index in [-0.39, 0.29) is 22.2 Å². The van der Waals surface area contributed by atoms with Gasteiger partial charge in [0.25, 0.3) is 11.6 Å². The summed E-state index contributed by atoms with van der Waals surface area (Å²) < 4.78 is 7.34. The van der Waals surface area contributed by atoms with Gasteiger partial charge in [0.05, 0.1) is 29.2 Å². The topological polar surface area (TPSA) is 77.6 Å². The van der Waals surface area contributed by atoms with Crippen molar-refractivity contribution in [1.82, 2.24) is 9.47 Å².